The van der Waals surface area contributed by atoms with Crippen molar-refractivity contribution in [2.24, 2.45) is 11.8 Å². The average Bonchev–Trinajstić information content (AvgIpc) is 2.61. The Bertz CT molecular complexity index is 334. The molecule has 0 amide bonds. The third kappa shape index (κ3) is 2.41. The van der Waals surface area contributed by atoms with Gasteiger partial charge >= 0.3 is 0 Å². The fraction of sp³-hybridized carbons (Fsp3) is 0.818. The van der Waals surface area contributed by atoms with Gasteiger partial charge in [0, 0.05) is 13.5 Å². The van der Waals surface area contributed by atoms with Crippen LogP contribution in [0.3, 0.4) is 0 Å². The molecule has 1 saturated heterocycles. The number of rotatable bonds is 5. The molecule has 0 aromatic carbocycles. The molecule has 2 heterocycles. The predicted molar refractivity (Wildman–Crippen MR) is 58.9 cm³/mol. The number of hydrogen-bond acceptors (Lipinski definition) is 5. The van der Waals surface area contributed by atoms with Crippen LogP contribution in [0.25, 0.3) is 0 Å². The lowest BCUT2D eigenvalue weighted by molar-refractivity contribution is 0.0555. The zero-order chi connectivity index (χ0) is 11.5. The lowest BCUT2D eigenvalue weighted by atomic mass is 10.00. The van der Waals surface area contributed by atoms with E-state index < -0.39 is 0 Å². The largest absolute Gasteiger partial charge is 0.373 e. The van der Waals surface area contributed by atoms with Gasteiger partial charge in [0.05, 0.1) is 0 Å². The molecule has 1 N–H and O–H groups in total. The topological polar surface area (TPSA) is 60.2 Å². The number of methoxy groups -OCH3 is 1. The molecule has 0 saturated carbocycles. The molecule has 1 aliphatic rings. The third-order valence-corrected chi connectivity index (χ3v) is 2.93. The molecule has 90 valence electrons. The van der Waals surface area contributed by atoms with Crippen LogP contribution in [0, 0.1) is 11.8 Å². The van der Waals surface area contributed by atoms with Crippen molar-refractivity contribution in [3.05, 3.63) is 11.7 Å². The van der Waals surface area contributed by atoms with Gasteiger partial charge in [0.2, 0.25) is 11.7 Å². The molecular weight excluding hydrogens is 206 g/mol. The number of nitrogens with zero attached hydrogens (tertiary/aromatic N) is 2. The minimum Gasteiger partial charge on any atom is -0.373 e. The monoisotopic (exact) mass is 225 g/mol. The first-order valence-electron chi connectivity index (χ1n) is 5.76. The summed E-state index contributed by atoms with van der Waals surface area (Å²) in [4.78, 5) is 4.39. The molecule has 16 heavy (non-hydrogen) atoms. The molecule has 0 radical (unpaired) electrons. The Morgan fingerprint density at radius 1 is 1.50 bits per heavy atom. The first kappa shape index (κ1) is 11.5. The van der Waals surface area contributed by atoms with Crippen molar-refractivity contribution in [2.45, 2.75) is 26.4 Å². The second kappa shape index (κ2) is 4.93. The highest BCUT2D eigenvalue weighted by molar-refractivity contribution is 4.95. The second-order valence-corrected chi connectivity index (χ2v) is 4.68. The summed E-state index contributed by atoms with van der Waals surface area (Å²) in [6.07, 6.45) is 0.797. The van der Waals surface area contributed by atoms with Gasteiger partial charge in [-0.05, 0) is 24.9 Å². The Morgan fingerprint density at radius 3 is 2.75 bits per heavy atom. The van der Waals surface area contributed by atoms with Gasteiger partial charge < -0.3 is 14.6 Å². The number of ether oxygens (including phenoxy) is 1. The van der Waals surface area contributed by atoms with Gasteiger partial charge in [-0.2, -0.15) is 4.98 Å². The van der Waals surface area contributed by atoms with Gasteiger partial charge in [-0.1, -0.05) is 19.0 Å². The van der Waals surface area contributed by atoms with Crippen molar-refractivity contribution in [3.63, 3.8) is 0 Å². The van der Waals surface area contributed by atoms with Gasteiger partial charge in [0.25, 0.3) is 0 Å². The molecule has 0 bridgehead atoms. The summed E-state index contributed by atoms with van der Waals surface area (Å²) in [5.74, 6) is 2.39. The van der Waals surface area contributed by atoms with Gasteiger partial charge in [0.1, 0.15) is 6.10 Å². The first-order chi connectivity index (χ1) is 7.70. The quantitative estimate of drug-likeness (QED) is 0.815. The standard InChI is InChI=1S/C11H19N3O2/c1-7(2)10(15-3)11-13-9(16-14-11)4-8-5-12-6-8/h7-8,10,12H,4-6H2,1-3H3. The van der Waals surface area contributed by atoms with Gasteiger partial charge in [0.15, 0.2) is 0 Å². The van der Waals surface area contributed by atoms with E-state index in [4.69, 9.17) is 9.26 Å². The normalized spacial score (nSPS) is 18.8. The van der Waals surface area contributed by atoms with Gasteiger partial charge in [-0.15, -0.1) is 0 Å². The molecule has 0 aliphatic carbocycles. The van der Waals surface area contributed by atoms with Crippen molar-refractivity contribution in [1.82, 2.24) is 15.5 Å². The minimum atomic E-state index is -0.0722. The Kier molecular flexibility index (Phi) is 3.56. The van der Waals surface area contributed by atoms with E-state index in [1.54, 1.807) is 7.11 Å². The molecule has 5 heteroatoms. The molecule has 1 aromatic rings. The average molecular weight is 225 g/mol. The fourth-order valence-electron chi connectivity index (χ4n) is 1.88. The third-order valence-electron chi connectivity index (χ3n) is 2.93. The van der Waals surface area contributed by atoms with Crippen molar-refractivity contribution in [2.75, 3.05) is 20.2 Å². The van der Waals surface area contributed by atoms with E-state index in [-0.39, 0.29) is 6.10 Å². The van der Waals surface area contributed by atoms with Crippen LogP contribution in [-0.4, -0.2) is 30.3 Å². The number of aromatic nitrogens is 2. The second-order valence-electron chi connectivity index (χ2n) is 4.68. The van der Waals surface area contributed by atoms with Crippen LogP contribution in [-0.2, 0) is 11.2 Å². The summed E-state index contributed by atoms with van der Waals surface area (Å²) in [7, 11) is 1.68. The van der Waals surface area contributed by atoms with Crippen molar-refractivity contribution < 1.29 is 9.26 Å². The fourth-order valence-corrected chi connectivity index (χ4v) is 1.88. The smallest absolute Gasteiger partial charge is 0.227 e. The Labute approximate surface area is 95.6 Å². The van der Waals surface area contributed by atoms with Crippen LogP contribution in [0.2, 0.25) is 0 Å². The van der Waals surface area contributed by atoms with Crippen LogP contribution in [0.5, 0.6) is 0 Å². The summed E-state index contributed by atoms with van der Waals surface area (Å²) >= 11 is 0. The number of nitrogens with one attached hydrogen (secondary N) is 1. The summed E-state index contributed by atoms with van der Waals surface area (Å²) in [5.41, 5.74) is 0. The lowest BCUT2D eigenvalue weighted by Gasteiger charge is -2.25. The Hall–Kier alpha value is -0.940. The molecule has 1 aromatic heterocycles. The van der Waals surface area contributed by atoms with E-state index in [0.29, 0.717) is 17.7 Å². The summed E-state index contributed by atoms with van der Waals surface area (Å²) in [6, 6.07) is 0. The van der Waals surface area contributed by atoms with Crippen LogP contribution < -0.4 is 5.32 Å². The SMILES string of the molecule is COC(c1noc(CC2CNC2)n1)C(C)C. The van der Waals surface area contributed by atoms with E-state index in [1.807, 2.05) is 0 Å². The van der Waals surface area contributed by atoms with Crippen molar-refractivity contribution in [1.29, 1.82) is 0 Å². The molecule has 5 nitrogen and oxygen atoms in total. The zero-order valence-corrected chi connectivity index (χ0v) is 10.1. The van der Waals surface area contributed by atoms with E-state index in [1.165, 1.54) is 0 Å². The number of hydrogen-bond donors (Lipinski definition) is 1. The lowest BCUT2D eigenvalue weighted by Crippen LogP contribution is -2.43. The zero-order valence-electron chi connectivity index (χ0n) is 10.1. The minimum absolute atomic E-state index is 0.0722. The summed E-state index contributed by atoms with van der Waals surface area (Å²) in [6.45, 7) is 6.27. The van der Waals surface area contributed by atoms with Crippen molar-refractivity contribution >= 4 is 0 Å². The van der Waals surface area contributed by atoms with Crippen LogP contribution in [0.15, 0.2) is 4.52 Å². The van der Waals surface area contributed by atoms with E-state index in [9.17, 15) is 0 Å². The maximum atomic E-state index is 5.36. The predicted octanol–water partition coefficient (Wildman–Crippen LogP) is 1.17. The Balaban J connectivity index is 1.99. The molecular formula is C11H19N3O2. The molecule has 2 rings (SSSR count). The van der Waals surface area contributed by atoms with E-state index in [0.717, 1.165) is 25.4 Å². The molecule has 1 atom stereocenters. The van der Waals surface area contributed by atoms with Crippen LogP contribution in [0.1, 0.15) is 31.7 Å². The highest BCUT2D eigenvalue weighted by Crippen LogP contribution is 2.23. The summed E-state index contributed by atoms with van der Waals surface area (Å²) < 4.78 is 10.6. The first-order valence-corrected chi connectivity index (χ1v) is 5.76. The summed E-state index contributed by atoms with van der Waals surface area (Å²) in [5, 5.41) is 7.21. The van der Waals surface area contributed by atoms with Crippen molar-refractivity contribution in [3.8, 4) is 0 Å². The van der Waals surface area contributed by atoms with Crippen LogP contribution >= 0.6 is 0 Å². The molecule has 1 unspecified atom stereocenters. The van der Waals surface area contributed by atoms with E-state index >= 15 is 0 Å². The molecule has 0 spiro atoms. The highest BCUT2D eigenvalue weighted by Gasteiger charge is 2.24. The van der Waals surface area contributed by atoms with E-state index in [2.05, 4.69) is 29.3 Å². The Morgan fingerprint density at radius 2 is 2.25 bits per heavy atom. The maximum Gasteiger partial charge on any atom is 0.227 e. The molecule has 1 fully saturated rings. The molecule has 1 aliphatic heterocycles. The van der Waals surface area contributed by atoms with Crippen LogP contribution in [0.4, 0.5) is 0 Å². The van der Waals surface area contributed by atoms with Gasteiger partial charge in [-0.3, -0.25) is 0 Å². The van der Waals surface area contributed by atoms with Gasteiger partial charge in [-0.25, -0.2) is 0 Å². The highest BCUT2D eigenvalue weighted by atomic mass is 16.5. The maximum absolute atomic E-state index is 5.36.